The standard InChI is InChI=1S/C25H33N3O3/c1-19-9-5-6-10-21(19)18-27-13-8-14-28(16-15-27)23(29)20-11-7-12-22(17-20)26-24(30)31-25(2,3)4/h5-7,9-12,17H,8,13-16,18H2,1-4H3,(H,26,30). The molecule has 2 aromatic rings. The van der Waals surface area contributed by atoms with Gasteiger partial charge in [-0.05, 0) is 63.4 Å². The van der Waals surface area contributed by atoms with Crippen LogP contribution in [0.15, 0.2) is 48.5 Å². The molecule has 2 amide bonds. The second-order valence-corrected chi connectivity index (χ2v) is 9.06. The Balaban J connectivity index is 1.60. The SMILES string of the molecule is Cc1ccccc1CN1CCCN(C(=O)c2cccc(NC(=O)OC(C)(C)C)c2)CC1. The average molecular weight is 424 g/mol. The van der Waals surface area contributed by atoms with Gasteiger partial charge in [-0.2, -0.15) is 0 Å². The van der Waals surface area contributed by atoms with Crippen molar-refractivity contribution in [3.63, 3.8) is 0 Å². The number of hydrogen-bond acceptors (Lipinski definition) is 4. The Bertz CT molecular complexity index is 920. The molecule has 1 aliphatic heterocycles. The molecule has 1 N–H and O–H groups in total. The zero-order chi connectivity index (χ0) is 22.4. The zero-order valence-corrected chi connectivity index (χ0v) is 19.0. The Morgan fingerprint density at radius 2 is 1.77 bits per heavy atom. The van der Waals surface area contributed by atoms with E-state index in [-0.39, 0.29) is 5.91 Å². The minimum Gasteiger partial charge on any atom is -0.444 e. The molecule has 0 radical (unpaired) electrons. The third-order valence-electron chi connectivity index (χ3n) is 5.29. The fraction of sp³-hybridized carbons (Fsp3) is 0.440. The summed E-state index contributed by atoms with van der Waals surface area (Å²) in [5, 5.41) is 2.71. The highest BCUT2D eigenvalue weighted by atomic mass is 16.6. The minimum absolute atomic E-state index is 0.00872. The van der Waals surface area contributed by atoms with E-state index >= 15 is 0 Å². The molecule has 1 fully saturated rings. The average Bonchev–Trinajstić information content (AvgIpc) is 2.93. The summed E-state index contributed by atoms with van der Waals surface area (Å²) in [5.41, 5.74) is 3.18. The molecule has 2 aromatic carbocycles. The first-order valence-corrected chi connectivity index (χ1v) is 10.9. The molecule has 31 heavy (non-hydrogen) atoms. The maximum Gasteiger partial charge on any atom is 0.412 e. The number of carbonyl (C=O) groups excluding carboxylic acids is 2. The molecule has 166 valence electrons. The Hall–Kier alpha value is -2.86. The second kappa shape index (κ2) is 9.96. The number of aryl methyl sites for hydroxylation is 1. The highest BCUT2D eigenvalue weighted by Crippen LogP contribution is 2.17. The van der Waals surface area contributed by atoms with Gasteiger partial charge in [0.05, 0.1) is 0 Å². The van der Waals surface area contributed by atoms with Crippen LogP contribution in [0.5, 0.6) is 0 Å². The number of ether oxygens (including phenoxy) is 1. The molecule has 0 bridgehead atoms. The zero-order valence-electron chi connectivity index (χ0n) is 19.0. The van der Waals surface area contributed by atoms with Crippen molar-refractivity contribution in [3.05, 3.63) is 65.2 Å². The van der Waals surface area contributed by atoms with Gasteiger partial charge in [0.1, 0.15) is 5.60 Å². The van der Waals surface area contributed by atoms with Crippen LogP contribution in [0.1, 0.15) is 48.7 Å². The third kappa shape index (κ3) is 6.82. The number of anilines is 1. The van der Waals surface area contributed by atoms with Gasteiger partial charge in [-0.15, -0.1) is 0 Å². The lowest BCUT2D eigenvalue weighted by molar-refractivity contribution is 0.0634. The summed E-state index contributed by atoms with van der Waals surface area (Å²) in [6.45, 7) is 11.7. The van der Waals surface area contributed by atoms with E-state index in [9.17, 15) is 9.59 Å². The van der Waals surface area contributed by atoms with Gasteiger partial charge in [-0.3, -0.25) is 15.0 Å². The summed E-state index contributed by atoms with van der Waals surface area (Å²) in [5.74, 6) is -0.00872. The normalized spacial score (nSPS) is 15.3. The van der Waals surface area contributed by atoms with Gasteiger partial charge < -0.3 is 9.64 Å². The van der Waals surface area contributed by atoms with Gasteiger partial charge >= 0.3 is 6.09 Å². The number of hydrogen-bond donors (Lipinski definition) is 1. The van der Waals surface area contributed by atoms with Crippen molar-refractivity contribution >= 4 is 17.7 Å². The number of benzene rings is 2. The topological polar surface area (TPSA) is 61.9 Å². The summed E-state index contributed by atoms with van der Waals surface area (Å²) in [6.07, 6.45) is 0.409. The van der Waals surface area contributed by atoms with Crippen molar-refractivity contribution < 1.29 is 14.3 Å². The fourth-order valence-electron chi connectivity index (χ4n) is 3.69. The molecule has 0 aliphatic carbocycles. The van der Waals surface area contributed by atoms with Gasteiger partial charge in [0, 0.05) is 44.0 Å². The monoisotopic (exact) mass is 423 g/mol. The lowest BCUT2D eigenvalue weighted by Gasteiger charge is -2.23. The van der Waals surface area contributed by atoms with Gasteiger partial charge in [-0.1, -0.05) is 30.3 Å². The van der Waals surface area contributed by atoms with Crippen molar-refractivity contribution in [1.29, 1.82) is 0 Å². The van der Waals surface area contributed by atoms with Crippen molar-refractivity contribution in [2.24, 2.45) is 0 Å². The first-order chi connectivity index (χ1) is 14.7. The van der Waals surface area contributed by atoms with Crippen LogP contribution in [0, 0.1) is 6.92 Å². The molecule has 1 saturated heterocycles. The number of rotatable bonds is 4. The van der Waals surface area contributed by atoms with E-state index in [0.717, 1.165) is 32.6 Å². The van der Waals surface area contributed by atoms with Crippen molar-refractivity contribution in [1.82, 2.24) is 9.80 Å². The van der Waals surface area contributed by atoms with E-state index in [1.165, 1.54) is 11.1 Å². The number of amides is 2. The molecule has 6 heteroatoms. The Morgan fingerprint density at radius 1 is 1.00 bits per heavy atom. The summed E-state index contributed by atoms with van der Waals surface area (Å²) in [7, 11) is 0. The highest BCUT2D eigenvalue weighted by Gasteiger charge is 2.21. The van der Waals surface area contributed by atoms with E-state index in [2.05, 4.69) is 41.4 Å². The molecular weight excluding hydrogens is 390 g/mol. The smallest absolute Gasteiger partial charge is 0.412 e. The number of carbonyl (C=O) groups is 2. The van der Waals surface area contributed by atoms with Gasteiger partial charge in [0.2, 0.25) is 0 Å². The van der Waals surface area contributed by atoms with Gasteiger partial charge in [-0.25, -0.2) is 4.79 Å². The maximum atomic E-state index is 13.1. The van der Waals surface area contributed by atoms with E-state index in [1.54, 1.807) is 24.3 Å². The summed E-state index contributed by atoms with van der Waals surface area (Å²) in [6, 6.07) is 15.5. The van der Waals surface area contributed by atoms with E-state index in [1.807, 2.05) is 25.7 Å². The third-order valence-corrected chi connectivity index (χ3v) is 5.29. The Kier molecular flexibility index (Phi) is 7.33. The van der Waals surface area contributed by atoms with Crippen molar-refractivity contribution in [2.75, 3.05) is 31.5 Å². The summed E-state index contributed by atoms with van der Waals surface area (Å²) < 4.78 is 5.29. The van der Waals surface area contributed by atoms with E-state index in [0.29, 0.717) is 17.8 Å². The predicted octanol–water partition coefficient (Wildman–Crippen LogP) is 4.69. The summed E-state index contributed by atoms with van der Waals surface area (Å²) >= 11 is 0. The fourth-order valence-corrected chi connectivity index (χ4v) is 3.69. The van der Waals surface area contributed by atoms with Crippen LogP contribution in [-0.2, 0) is 11.3 Å². The first kappa shape index (κ1) is 22.8. The first-order valence-electron chi connectivity index (χ1n) is 10.9. The van der Waals surface area contributed by atoms with E-state index in [4.69, 9.17) is 4.74 Å². The van der Waals surface area contributed by atoms with Crippen LogP contribution >= 0.6 is 0 Å². The highest BCUT2D eigenvalue weighted by molar-refractivity contribution is 5.96. The van der Waals surface area contributed by atoms with Crippen LogP contribution < -0.4 is 5.32 Å². The Morgan fingerprint density at radius 3 is 2.52 bits per heavy atom. The van der Waals surface area contributed by atoms with Crippen LogP contribution in [0.2, 0.25) is 0 Å². The van der Waals surface area contributed by atoms with Crippen molar-refractivity contribution in [3.8, 4) is 0 Å². The van der Waals surface area contributed by atoms with Crippen molar-refractivity contribution in [2.45, 2.75) is 46.3 Å². The second-order valence-electron chi connectivity index (χ2n) is 9.06. The van der Waals surface area contributed by atoms with Gasteiger partial charge in [0.15, 0.2) is 0 Å². The molecule has 1 heterocycles. The van der Waals surface area contributed by atoms with Crippen LogP contribution in [0.25, 0.3) is 0 Å². The maximum absolute atomic E-state index is 13.1. The quantitative estimate of drug-likeness (QED) is 0.775. The molecule has 0 atom stereocenters. The number of nitrogens with zero attached hydrogens (tertiary/aromatic N) is 2. The lowest BCUT2D eigenvalue weighted by atomic mass is 10.1. The molecule has 3 rings (SSSR count). The molecule has 0 unspecified atom stereocenters. The molecule has 0 saturated carbocycles. The molecule has 0 spiro atoms. The molecule has 6 nitrogen and oxygen atoms in total. The summed E-state index contributed by atoms with van der Waals surface area (Å²) in [4.78, 5) is 29.5. The van der Waals surface area contributed by atoms with Crippen LogP contribution in [-0.4, -0.2) is 53.6 Å². The lowest BCUT2D eigenvalue weighted by Crippen LogP contribution is -2.35. The molecule has 1 aliphatic rings. The number of nitrogens with one attached hydrogen (secondary N) is 1. The Labute approximate surface area is 185 Å². The van der Waals surface area contributed by atoms with E-state index < -0.39 is 11.7 Å². The largest absolute Gasteiger partial charge is 0.444 e. The predicted molar refractivity (Wildman–Crippen MR) is 123 cm³/mol. The van der Waals surface area contributed by atoms with Gasteiger partial charge in [0.25, 0.3) is 5.91 Å². The molecule has 0 aromatic heterocycles. The van der Waals surface area contributed by atoms with Crippen LogP contribution in [0.4, 0.5) is 10.5 Å². The molecular formula is C25H33N3O3. The van der Waals surface area contributed by atoms with Crippen LogP contribution in [0.3, 0.4) is 0 Å². The minimum atomic E-state index is -0.576.